The van der Waals surface area contributed by atoms with Gasteiger partial charge < -0.3 is 5.43 Å². The fraction of sp³-hybridized carbons (Fsp3) is 0. The highest BCUT2D eigenvalue weighted by Crippen LogP contribution is 2.24. The Kier molecular flexibility index (Phi) is 3.77. The number of nitrogen functional groups attached to an aromatic ring is 1. The van der Waals surface area contributed by atoms with E-state index in [2.05, 4.69) is 25.9 Å². The van der Waals surface area contributed by atoms with Crippen LogP contribution in [-0.2, 0) is 0 Å². The lowest BCUT2D eigenvalue weighted by Crippen LogP contribution is -2.16. The molecular weight excluding hydrogens is 266 g/mol. The fourth-order valence-electron chi connectivity index (χ4n) is 1.43. The molecule has 0 bridgehead atoms. The second-order valence-electron chi connectivity index (χ2n) is 3.55. The first-order chi connectivity index (χ1) is 9.61. The number of nitrogens with zero attached hydrogens (tertiary/aromatic N) is 4. The molecule has 1 aromatic carbocycles. The van der Waals surface area contributed by atoms with Gasteiger partial charge >= 0.3 is 0 Å². The van der Waals surface area contributed by atoms with Crippen molar-refractivity contribution in [3.05, 3.63) is 46.3 Å². The molecule has 0 radical (unpaired) electrons. The van der Waals surface area contributed by atoms with Gasteiger partial charge in [0.25, 0.3) is 11.6 Å². The number of nitrogens with two attached hydrogens (primary N) is 1. The lowest BCUT2D eigenvalue weighted by atomic mass is 10.1. The second kappa shape index (κ2) is 5.67. The summed E-state index contributed by atoms with van der Waals surface area (Å²) in [4.78, 5) is 25.8. The van der Waals surface area contributed by atoms with Gasteiger partial charge in [0, 0.05) is 11.6 Å². The van der Waals surface area contributed by atoms with Crippen molar-refractivity contribution in [2.45, 2.75) is 0 Å². The standard InChI is InChI=1S/C10H9N7O3/c11-15-7-5-6(1-2-8(7)17(19)20)9(18)14-10-12-3-4-13-16-10/h1-5,15H,11H2,(H,12,14,16,18). The van der Waals surface area contributed by atoms with E-state index in [1.165, 1.54) is 30.6 Å². The number of hydrogen-bond donors (Lipinski definition) is 3. The van der Waals surface area contributed by atoms with E-state index in [9.17, 15) is 14.9 Å². The minimum atomic E-state index is -0.610. The van der Waals surface area contributed by atoms with E-state index in [4.69, 9.17) is 5.84 Å². The predicted octanol–water partition coefficient (Wildman–Crippen LogP) is 0.318. The number of carbonyl (C=O) groups is 1. The van der Waals surface area contributed by atoms with Gasteiger partial charge in [0.15, 0.2) is 0 Å². The third-order valence-corrected chi connectivity index (χ3v) is 2.32. The zero-order valence-corrected chi connectivity index (χ0v) is 9.98. The smallest absolute Gasteiger partial charge is 0.293 e. The Labute approximate surface area is 112 Å². The van der Waals surface area contributed by atoms with Crippen LogP contribution in [0.3, 0.4) is 0 Å². The summed E-state index contributed by atoms with van der Waals surface area (Å²) >= 11 is 0. The first-order valence-corrected chi connectivity index (χ1v) is 5.32. The molecule has 1 heterocycles. The molecule has 0 aliphatic carbocycles. The molecular formula is C10H9N7O3. The number of nitro benzene ring substituents is 1. The van der Waals surface area contributed by atoms with Crippen LogP contribution in [0.15, 0.2) is 30.6 Å². The number of nitrogens with one attached hydrogen (secondary N) is 2. The highest BCUT2D eigenvalue weighted by atomic mass is 16.6. The van der Waals surface area contributed by atoms with Gasteiger partial charge in [0.1, 0.15) is 5.69 Å². The first kappa shape index (κ1) is 13.3. The van der Waals surface area contributed by atoms with Gasteiger partial charge in [-0.1, -0.05) is 0 Å². The Morgan fingerprint density at radius 2 is 2.15 bits per heavy atom. The van der Waals surface area contributed by atoms with Gasteiger partial charge in [-0.25, -0.2) is 4.98 Å². The zero-order chi connectivity index (χ0) is 14.5. The topological polar surface area (TPSA) is 149 Å². The molecule has 1 aromatic heterocycles. The van der Waals surface area contributed by atoms with Crippen LogP contribution in [0.5, 0.6) is 0 Å². The van der Waals surface area contributed by atoms with Crippen molar-refractivity contribution in [1.29, 1.82) is 0 Å². The van der Waals surface area contributed by atoms with Gasteiger partial charge in [-0.3, -0.25) is 26.1 Å². The minimum Gasteiger partial charge on any atom is -0.318 e. The van der Waals surface area contributed by atoms with Crippen LogP contribution in [0.25, 0.3) is 0 Å². The summed E-state index contributed by atoms with van der Waals surface area (Å²) in [6.45, 7) is 0. The van der Waals surface area contributed by atoms with Gasteiger partial charge in [-0.15, -0.1) is 5.10 Å². The van der Waals surface area contributed by atoms with Crippen molar-refractivity contribution >= 4 is 23.2 Å². The Bertz CT molecular complexity index is 647. The van der Waals surface area contributed by atoms with Gasteiger partial charge in [-0.05, 0) is 12.1 Å². The maximum Gasteiger partial charge on any atom is 0.293 e. The molecule has 4 N–H and O–H groups in total. The van der Waals surface area contributed by atoms with E-state index < -0.39 is 10.8 Å². The van der Waals surface area contributed by atoms with Crippen molar-refractivity contribution in [3.63, 3.8) is 0 Å². The summed E-state index contributed by atoms with van der Waals surface area (Å²) in [5.74, 6) is 4.68. The summed E-state index contributed by atoms with van der Waals surface area (Å²) in [7, 11) is 0. The highest BCUT2D eigenvalue weighted by molar-refractivity contribution is 6.04. The second-order valence-corrected chi connectivity index (χ2v) is 3.55. The summed E-state index contributed by atoms with van der Waals surface area (Å²) in [6, 6.07) is 3.72. The Morgan fingerprint density at radius 3 is 2.75 bits per heavy atom. The normalized spacial score (nSPS) is 9.85. The van der Waals surface area contributed by atoms with Crippen LogP contribution in [0.4, 0.5) is 17.3 Å². The van der Waals surface area contributed by atoms with Crippen LogP contribution in [-0.4, -0.2) is 26.0 Å². The van der Waals surface area contributed by atoms with E-state index in [1.807, 2.05) is 0 Å². The fourth-order valence-corrected chi connectivity index (χ4v) is 1.43. The average molecular weight is 275 g/mol. The van der Waals surface area contributed by atoms with E-state index in [-0.39, 0.29) is 22.9 Å². The Morgan fingerprint density at radius 1 is 1.35 bits per heavy atom. The molecule has 1 amide bonds. The number of rotatable bonds is 4. The maximum absolute atomic E-state index is 11.9. The van der Waals surface area contributed by atoms with Crippen LogP contribution in [0.1, 0.15) is 10.4 Å². The van der Waals surface area contributed by atoms with E-state index in [0.29, 0.717) is 0 Å². The molecule has 2 rings (SSSR count). The molecule has 0 fully saturated rings. The van der Waals surface area contributed by atoms with Crippen LogP contribution in [0, 0.1) is 10.1 Å². The number of hydrogen-bond acceptors (Lipinski definition) is 8. The van der Waals surface area contributed by atoms with E-state index in [1.54, 1.807) is 0 Å². The number of hydrazine groups is 1. The average Bonchev–Trinajstić information content (AvgIpc) is 2.47. The quantitative estimate of drug-likeness (QED) is 0.410. The van der Waals surface area contributed by atoms with Crippen LogP contribution >= 0.6 is 0 Å². The molecule has 0 spiro atoms. The minimum absolute atomic E-state index is 0.0229. The lowest BCUT2D eigenvalue weighted by Gasteiger charge is -2.05. The van der Waals surface area contributed by atoms with Crippen molar-refractivity contribution in [2.24, 2.45) is 5.84 Å². The van der Waals surface area contributed by atoms with E-state index >= 15 is 0 Å². The summed E-state index contributed by atoms with van der Waals surface area (Å²) in [6.07, 6.45) is 2.73. The molecule has 0 saturated heterocycles. The van der Waals surface area contributed by atoms with Crippen LogP contribution < -0.4 is 16.6 Å². The third kappa shape index (κ3) is 2.81. The predicted molar refractivity (Wildman–Crippen MR) is 68.7 cm³/mol. The molecule has 20 heavy (non-hydrogen) atoms. The van der Waals surface area contributed by atoms with Crippen molar-refractivity contribution in [1.82, 2.24) is 15.2 Å². The highest BCUT2D eigenvalue weighted by Gasteiger charge is 2.16. The first-order valence-electron chi connectivity index (χ1n) is 5.32. The number of amides is 1. The third-order valence-electron chi connectivity index (χ3n) is 2.32. The summed E-state index contributed by atoms with van der Waals surface area (Å²) < 4.78 is 0. The number of nitro groups is 1. The Hall–Kier alpha value is -3.14. The molecule has 10 nitrogen and oxygen atoms in total. The Balaban J connectivity index is 2.25. The van der Waals surface area contributed by atoms with Gasteiger partial charge in [0.2, 0.25) is 5.95 Å². The lowest BCUT2D eigenvalue weighted by molar-refractivity contribution is -0.384. The van der Waals surface area contributed by atoms with Crippen molar-refractivity contribution in [2.75, 3.05) is 10.7 Å². The molecule has 0 aliphatic heterocycles. The molecule has 0 aliphatic rings. The SMILES string of the molecule is NNc1cc(C(=O)Nc2nccnn2)ccc1[N+](=O)[O-]. The largest absolute Gasteiger partial charge is 0.318 e. The molecule has 2 aromatic rings. The number of benzene rings is 1. The molecule has 10 heteroatoms. The maximum atomic E-state index is 11.9. The van der Waals surface area contributed by atoms with Crippen molar-refractivity contribution < 1.29 is 9.72 Å². The zero-order valence-electron chi connectivity index (χ0n) is 9.98. The molecule has 0 unspecified atom stereocenters. The number of aromatic nitrogens is 3. The number of anilines is 2. The summed E-state index contributed by atoms with van der Waals surface area (Å²) in [5.41, 5.74) is 2.12. The molecule has 0 atom stereocenters. The monoisotopic (exact) mass is 275 g/mol. The van der Waals surface area contributed by atoms with Crippen LogP contribution in [0.2, 0.25) is 0 Å². The molecule has 102 valence electrons. The van der Waals surface area contributed by atoms with Gasteiger partial charge in [0.05, 0.1) is 17.3 Å². The van der Waals surface area contributed by atoms with E-state index in [0.717, 1.165) is 0 Å². The van der Waals surface area contributed by atoms with Crippen molar-refractivity contribution in [3.8, 4) is 0 Å². The number of carbonyl (C=O) groups excluding carboxylic acids is 1. The van der Waals surface area contributed by atoms with Gasteiger partial charge in [-0.2, -0.15) is 5.10 Å². The summed E-state index contributed by atoms with van der Waals surface area (Å²) in [5, 5.41) is 20.3. The molecule has 0 saturated carbocycles.